The van der Waals surface area contributed by atoms with Gasteiger partial charge in [-0.25, -0.2) is 4.68 Å². The van der Waals surface area contributed by atoms with Crippen molar-refractivity contribution in [2.24, 2.45) is 5.92 Å². The smallest absolute Gasteiger partial charge is 0.166 e. The molecule has 19 heavy (non-hydrogen) atoms. The van der Waals surface area contributed by atoms with Crippen molar-refractivity contribution in [3.05, 3.63) is 45.7 Å². The number of halogens is 2. The first-order chi connectivity index (χ1) is 9.04. The quantitative estimate of drug-likeness (QED) is 0.798. The molecule has 5 heteroatoms. The van der Waals surface area contributed by atoms with Gasteiger partial charge in [-0.05, 0) is 30.5 Å². The Kier molecular flexibility index (Phi) is 3.11. The summed E-state index contributed by atoms with van der Waals surface area (Å²) in [6, 6.07) is 5.27. The van der Waals surface area contributed by atoms with E-state index in [-0.39, 0.29) is 5.78 Å². The van der Waals surface area contributed by atoms with Gasteiger partial charge in [-0.2, -0.15) is 5.10 Å². The van der Waals surface area contributed by atoms with E-state index in [1.54, 1.807) is 29.1 Å². The van der Waals surface area contributed by atoms with E-state index in [1.165, 1.54) is 0 Å². The Balaban J connectivity index is 2.14. The molecule has 0 bridgehead atoms. The highest BCUT2D eigenvalue weighted by molar-refractivity contribution is 6.34. The molecule has 0 unspecified atom stereocenters. The van der Waals surface area contributed by atoms with Crippen LogP contribution in [-0.2, 0) is 6.42 Å². The van der Waals surface area contributed by atoms with Crippen LogP contribution in [0.2, 0.25) is 10.0 Å². The molecule has 1 heterocycles. The van der Waals surface area contributed by atoms with Gasteiger partial charge in [0.1, 0.15) is 0 Å². The number of benzene rings is 1. The second kappa shape index (κ2) is 4.66. The molecule has 3 rings (SSSR count). The van der Waals surface area contributed by atoms with Crippen molar-refractivity contribution in [3.8, 4) is 5.69 Å². The van der Waals surface area contributed by atoms with Gasteiger partial charge < -0.3 is 0 Å². The fraction of sp³-hybridized carbons (Fsp3) is 0.286. The van der Waals surface area contributed by atoms with Gasteiger partial charge in [0.2, 0.25) is 0 Å². The van der Waals surface area contributed by atoms with Crippen LogP contribution in [-0.4, -0.2) is 15.6 Å². The first kappa shape index (κ1) is 12.7. The molecule has 0 radical (unpaired) electrons. The third kappa shape index (κ3) is 2.28. The number of carbonyl (C=O) groups is 1. The molecule has 1 aromatic carbocycles. The Hall–Kier alpha value is -1.32. The summed E-state index contributed by atoms with van der Waals surface area (Å²) in [6.07, 6.45) is 3.07. The average Bonchev–Trinajstić information content (AvgIpc) is 2.71. The van der Waals surface area contributed by atoms with Gasteiger partial charge in [0.15, 0.2) is 5.78 Å². The highest BCUT2D eigenvalue weighted by Gasteiger charge is 2.26. The zero-order valence-corrected chi connectivity index (χ0v) is 11.9. The fourth-order valence-electron chi connectivity index (χ4n) is 2.52. The zero-order chi connectivity index (χ0) is 13.6. The Labute approximate surface area is 121 Å². The second-order valence-electron chi connectivity index (χ2n) is 4.98. The van der Waals surface area contributed by atoms with Crippen molar-refractivity contribution < 1.29 is 4.79 Å². The molecular formula is C14H12Cl2N2O. The maximum atomic E-state index is 12.0. The van der Waals surface area contributed by atoms with Gasteiger partial charge in [0.25, 0.3) is 0 Å². The van der Waals surface area contributed by atoms with Crippen molar-refractivity contribution in [3.63, 3.8) is 0 Å². The van der Waals surface area contributed by atoms with Gasteiger partial charge in [0.05, 0.1) is 23.1 Å². The molecule has 2 aromatic rings. The predicted octanol–water partition coefficient (Wildman–Crippen LogP) is 3.94. The van der Waals surface area contributed by atoms with Crippen LogP contribution in [0.5, 0.6) is 0 Å². The molecule has 0 aliphatic heterocycles. The predicted molar refractivity (Wildman–Crippen MR) is 75.4 cm³/mol. The minimum atomic E-state index is 0.160. The summed E-state index contributed by atoms with van der Waals surface area (Å²) in [7, 11) is 0. The van der Waals surface area contributed by atoms with Crippen LogP contribution in [0.4, 0.5) is 0 Å². The van der Waals surface area contributed by atoms with Crippen molar-refractivity contribution >= 4 is 29.0 Å². The van der Waals surface area contributed by atoms with E-state index in [0.29, 0.717) is 27.9 Å². The van der Waals surface area contributed by atoms with Gasteiger partial charge in [-0.1, -0.05) is 30.1 Å². The summed E-state index contributed by atoms with van der Waals surface area (Å²) in [5.41, 5.74) is 2.46. The number of ketones is 1. The van der Waals surface area contributed by atoms with Crippen LogP contribution in [0.25, 0.3) is 5.69 Å². The third-order valence-corrected chi connectivity index (χ3v) is 3.77. The van der Waals surface area contributed by atoms with Gasteiger partial charge in [-0.15, -0.1) is 0 Å². The summed E-state index contributed by atoms with van der Waals surface area (Å²) < 4.78 is 1.76. The monoisotopic (exact) mass is 294 g/mol. The molecule has 0 spiro atoms. The highest BCUT2D eigenvalue weighted by Crippen LogP contribution is 2.29. The standard InChI is InChI=1S/C14H12Cl2N2O/c1-8-2-13-12(14(19)3-8)7-17-18(13)11-5-9(15)4-10(16)6-11/h4-8H,2-3H2,1H3/t8-/m1/s1. The maximum Gasteiger partial charge on any atom is 0.166 e. The summed E-state index contributed by atoms with van der Waals surface area (Å²) in [5, 5.41) is 5.43. The van der Waals surface area contributed by atoms with Crippen molar-refractivity contribution in [2.75, 3.05) is 0 Å². The minimum Gasteiger partial charge on any atom is -0.294 e. The van der Waals surface area contributed by atoms with Crippen LogP contribution in [0.1, 0.15) is 29.4 Å². The molecule has 0 N–H and O–H groups in total. The molecule has 1 aromatic heterocycles. The van der Waals surface area contributed by atoms with E-state index in [1.807, 2.05) is 0 Å². The number of Topliss-reactive ketones (excluding diaryl/α,β-unsaturated/α-hetero) is 1. The van der Waals surface area contributed by atoms with Crippen LogP contribution < -0.4 is 0 Å². The largest absolute Gasteiger partial charge is 0.294 e. The second-order valence-corrected chi connectivity index (χ2v) is 5.85. The minimum absolute atomic E-state index is 0.160. The van der Waals surface area contributed by atoms with Crippen LogP contribution in [0.3, 0.4) is 0 Å². The van der Waals surface area contributed by atoms with Gasteiger partial charge in [-0.3, -0.25) is 4.79 Å². The van der Waals surface area contributed by atoms with Crippen molar-refractivity contribution in [2.45, 2.75) is 19.8 Å². The summed E-state index contributed by atoms with van der Waals surface area (Å²) >= 11 is 12.0. The van der Waals surface area contributed by atoms with E-state index in [0.717, 1.165) is 17.8 Å². The highest BCUT2D eigenvalue weighted by atomic mass is 35.5. The number of rotatable bonds is 1. The molecule has 0 fully saturated rings. The van der Waals surface area contributed by atoms with Gasteiger partial charge >= 0.3 is 0 Å². The topological polar surface area (TPSA) is 34.9 Å². The van der Waals surface area contributed by atoms with Crippen molar-refractivity contribution in [1.29, 1.82) is 0 Å². The molecule has 3 nitrogen and oxygen atoms in total. The van der Waals surface area contributed by atoms with Crippen LogP contribution in [0, 0.1) is 5.92 Å². The first-order valence-electron chi connectivity index (χ1n) is 6.11. The SMILES string of the molecule is C[C@H]1CC(=O)c2cnn(-c3cc(Cl)cc(Cl)c3)c2C1. The molecule has 1 atom stereocenters. The van der Waals surface area contributed by atoms with E-state index >= 15 is 0 Å². The van der Waals surface area contributed by atoms with Gasteiger partial charge in [0, 0.05) is 16.5 Å². The lowest BCUT2D eigenvalue weighted by molar-refractivity contribution is 0.0953. The Morgan fingerprint density at radius 3 is 2.58 bits per heavy atom. The number of nitrogens with zero attached hydrogens (tertiary/aromatic N) is 2. The molecule has 98 valence electrons. The Morgan fingerprint density at radius 1 is 1.21 bits per heavy atom. The van der Waals surface area contributed by atoms with E-state index in [4.69, 9.17) is 23.2 Å². The third-order valence-electron chi connectivity index (χ3n) is 3.34. The molecule has 0 amide bonds. The van der Waals surface area contributed by atoms with Crippen LogP contribution >= 0.6 is 23.2 Å². The van der Waals surface area contributed by atoms with E-state index < -0.39 is 0 Å². The van der Waals surface area contributed by atoms with Crippen molar-refractivity contribution in [1.82, 2.24) is 9.78 Å². The molecule has 0 saturated carbocycles. The summed E-state index contributed by atoms with van der Waals surface area (Å²) in [6.45, 7) is 2.07. The zero-order valence-electron chi connectivity index (χ0n) is 10.4. The number of hydrogen-bond donors (Lipinski definition) is 0. The van der Waals surface area contributed by atoms with E-state index in [2.05, 4.69) is 12.0 Å². The number of fused-ring (bicyclic) bond motifs is 1. The Morgan fingerprint density at radius 2 is 1.89 bits per heavy atom. The lowest BCUT2D eigenvalue weighted by Crippen LogP contribution is -2.19. The summed E-state index contributed by atoms with van der Waals surface area (Å²) in [4.78, 5) is 12.0. The lowest BCUT2D eigenvalue weighted by atomic mass is 9.88. The number of aromatic nitrogens is 2. The summed E-state index contributed by atoms with van der Waals surface area (Å²) in [5.74, 6) is 0.498. The fourth-order valence-corrected chi connectivity index (χ4v) is 3.03. The molecule has 0 saturated heterocycles. The molecule has 1 aliphatic rings. The Bertz CT molecular complexity index is 643. The average molecular weight is 295 g/mol. The number of hydrogen-bond acceptors (Lipinski definition) is 2. The lowest BCUT2D eigenvalue weighted by Gasteiger charge is -2.19. The molecular weight excluding hydrogens is 283 g/mol. The van der Waals surface area contributed by atoms with Crippen LogP contribution in [0.15, 0.2) is 24.4 Å². The molecule has 1 aliphatic carbocycles. The first-order valence-corrected chi connectivity index (χ1v) is 6.87. The maximum absolute atomic E-state index is 12.0. The van der Waals surface area contributed by atoms with E-state index in [9.17, 15) is 4.79 Å². The number of carbonyl (C=O) groups excluding carboxylic acids is 1. The normalized spacial score (nSPS) is 18.5.